The lowest BCUT2D eigenvalue weighted by Gasteiger charge is -2.34. The highest BCUT2D eigenvalue weighted by molar-refractivity contribution is 6.47. The standard InChI is InChI=1S/C18H25BN4O6/c1-20-5-6-22-7-8-23(16(25)11-22)10-15(24)21-14-9-12-3-2-4-13(18(26)27)17(12)29-19(14)28/h2-4,14,20,28H,5-11H2,1H3,(H,21,24)(H,26,27). The first-order valence-electron chi connectivity index (χ1n) is 9.53. The predicted octanol–water partition coefficient (Wildman–Crippen LogP) is -1.81. The van der Waals surface area contributed by atoms with E-state index in [9.17, 15) is 24.5 Å². The van der Waals surface area contributed by atoms with Crippen molar-refractivity contribution in [3.8, 4) is 5.75 Å². The molecule has 1 aromatic rings. The fourth-order valence-corrected chi connectivity index (χ4v) is 3.53. The Bertz CT molecular complexity index is 792. The summed E-state index contributed by atoms with van der Waals surface area (Å²) in [6, 6.07) is 4.68. The van der Waals surface area contributed by atoms with E-state index >= 15 is 0 Å². The molecule has 0 radical (unpaired) electrons. The number of piperazine rings is 1. The Balaban J connectivity index is 1.56. The van der Waals surface area contributed by atoms with Crippen LogP contribution in [0, 0.1) is 0 Å². The Kier molecular flexibility index (Phi) is 6.73. The molecule has 0 spiro atoms. The second-order valence-corrected chi connectivity index (χ2v) is 7.18. The van der Waals surface area contributed by atoms with Crippen LogP contribution in [0.2, 0.25) is 0 Å². The van der Waals surface area contributed by atoms with Gasteiger partial charge >= 0.3 is 13.1 Å². The minimum atomic E-state index is -1.37. The van der Waals surface area contributed by atoms with E-state index in [1.54, 1.807) is 12.1 Å². The van der Waals surface area contributed by atoms with Crippen LogP contribution in [-0.2, 0) is 16.0 Å². The second kappa shape index (κ2) is 9.25. The van der Waals surface area contributed by atoms with E-state index in [0.717, 1.165) is 13.1 Å². The van der Waals surface area contributed by atoms with Gasteiger partial charge in [-0.2, -0.15) is 0 Å². The summed E-state index contributed by atoms with van der Waals surface area (Å²) in [4.78, 5) is 39.5. The highest BCUT2D eigenvalue weighted by atomic mass is 16.5. The molecule has 1 aromatic carbocycles. The molecule has 156 valence electrons. The number of carboxylic acids is 1. The zero-order chi connectivity index (χ0) is 21.0. The van der Waals surface area contributed by atoms with Gasteiger partial charge in [-0.3, -0.25) is 14.5 Å². The SMILES string of the molecule is CNCCN1CCN(CC(=O)NC2Cc3cccc(C(=O)O)c3OB2O)C(=O)C1. The fraction of sp³-hybridized carbons (Fsp3) is 0.500. The Morgan fingerprint density at radius 3 is 2.83 bits per heavy atom. The van der Waals surface area contributed by atoms with Crippen molar-refractivity contribution in [2.24, 2.45) is 0 Å². The lowest BCUT2D eigenvalue weighted by molar-refractivity contribution is -0.140. The summed E-state index contributed by atoms with van der Waals surface area (Å²) in [5.74, 6) is -2.27. The molecule has 29 heavy (non-hydrogen) atoms. The number of nitrogens with one attached hydrogen (secondary N) is 2. The molecule has 2 aliphatic heterocycles. The summed E-state index contributed by atoms with van der Waals surface area (Å²) < 4.78 is 5.37. The average Bonchev–Trinajstić information content (AvgIpc) is 2.68. The van der Waals surface area contributed by atoms with Crippen LogP contribution in [0.3, 0.4) is 0 Å². The van der Waals surface area contributed by atoms with E-state index in [4.69, 9.17) is 4.65 Å². The molecule has 11 heteroatoms. The van der Waals surface area contributed by atoms with E-state index in [2.05, 4.69) is 10.6 Å². The third-order valence-corrected chi connectivity index (χ3v) is 5.11. The number of para-hydroxylation sites is 1. The summed E-state index contributed by atoms with van der Waals surface area (Å²) in [6.07, 6.45) is 0.231. The summed E-state index contributed by atoms with van der Waals surface area (Å²) >= 11 is 0. The van der Waals surface area contributed by atoms with Gasteiger partial charge in [0.15, 0.2) is 0 Å². The van der Waals surface area contributed by atoms with E-state index in [0.29, 0.717) is 18.7 Å². The van der Waals surface area contributed by atoms with Gasteiger partial charge in [0.05, 0.1) is 24.6 Å². The first kappa shape index (κ1) is 21.1. The van der Waals surface area contributed by atoms with Crippen molar-refractivity contribution < 1.29 is 29.2 Å². The Hall–Kier alpha value is -2.63. The maximum atomic E-state index is 12.4. The number of nitrogens with zero attached hydrogens (tertiary/aromatic N) is 2. The molecule has 3 rings (SSSR count). The highest BCUT2D eigenvalue weighted by Gasteiger charge is 2.38. The first-order valence-corrected chi connectivity index (χ1v) is 9.53. The molecule has 2 aliphatic rings. The summed E-state index contributed by atoms with van der Waals surface area (Å²) in [6.45, 7) is 2.90. The number of hydrogen-bond donors (Lipinski definition) is 4. The van der Waals surface area contributed by atoms with Gasteiger partial charge in [-0.15, -0.1) is 0 Å². The number of fused-ring (bicyclic) bond motifs is 1. The highest BCUT2D eigenvalue weighted by Crippen LogP contribution is 2.30. The van der Waals surface area contributed by atoms with Gasteiger partial charge in [-0.05, 0) is 25.1 Å². The zero-order valence-corrected chi connectivity index (χ0v) is 16.3. The van der Waals surface area contributed by atoms with Crippen molar-refractivity contribution in [2.75, 3.05) is 46.3 Å². The van der Waals surface area contributed by atoms with Crippen LogP contribution in [0.5, 0.6) is 5.75 Å². The number of rotatable bonds is 7. The van der Waals surface area contributed by atoms with Gasteiger partial charge in [0.25, 0.3) is 0 Å². The molecule has 0 bridgehead atoms. The van der Waals surface area contributed by atoms with Gasteiger partial charge in [0.2, 0.25) is 11.8 Å². The number of aromatic carboxylic acids is 1. The molecule has 0 aromatic heterocycles. The maximum Gasteiger partial charge on any atom is 0.547 e. The van der Waals surface area contributed by atoms with E-state index < -0.39 is 24.9 Å². The molecule has 1 fully saturated rings. The van der Waals surface area contributed by atoms with Crippen LogP contribution in [0.1, 0.15) is 15.9 Å². The predicted molar refractivity (Wildman–Crippen MR) is 105 cm³/mol. The van der Waals surface area contributed by atoms with Gasteiger partial charge in [-0.25, -0.2) is 4.79 Å². The third-order valence-electron chi connectivity index (χ3n) is 5.11. The number of carbonyl (C=O) groups excluding carboxylic acids is 2. The number of likely N-dealkylation sites (N-methyl/N-ethyl adjacent to an activating group) is 1. The van der Waals surface area contributed by atoms with Crippen molar-refractivity contribution in [3.05, 3.63) is 29.3 Å². The molecule has 1 unspecified atom stereocenters. The molecule has 1 atom stereocenters. The molecule has 4 N–H and O–H groups in total. The largest absolute Gasteiger partial charge is 0.547 e. The smallest absolute Gasteiger partial charge is 0.534 e. The van der Waals surface area contributed by atoms with Crippen LogP contribution in [-0.4, -0.2) is 97.1 Å². The van der Waals surface area contributed by atoms with E-state index in [-0.39, 0.29) is 36.7 Å². The summed E-state index contributed by atoms with van der Waals surface area (Å²) in [7, 11) is 0.480. The van der Waals surface area contributed by atoms with E-state index in [1.165, 1.54) is 11.0 Å². The maximum absolute atomic E-state index is 12.4. The minimum Gasteiger partial charge on any atom is -0.534 e. The van der Waals surface area contributed by atoms with Crippen molar-refractivity contribution in [1.82, 2.24) is 20.4 Å². The van der Waals surface area contributed by atoms with Crippen molar-refractivity contribution >= 4 is 24.9 Å². The minimum absolute atomic E-state index is 0.0342. The first-order chi connectivity index (χ1) is 13.9. The molecule has 1 saturated heterocycles. The third kappa shape index (κ3) is 5.05. The Morgan fingerprint density at radius 2 is 2.14 bits per heavy atom. The molecule has 0 aliphatic carbocycles. The molecular weight excluding hydrogens is 379 g/mol. The summed E-state index contributed by atoms with van der Waals surface area (Å²) in [5.41, 5.74) is 0.558. The molecule has 0 saturated carbocycles. The van der Waals surface area contributed by atoms with Crippen LogP contribution < -0.4 is 15.3 Å². The fourth-order valence-electron chi connectivity index (χ4n) is 3.53. The topological polar surface area (TPSA) is 131 Å². The van der Waals surface area contributed by atoms with Crippen molar-refractivity contribution in [2.45, 2.75) is 12.4 Å². The molecule has 2 amide bonds. The lowest BCUT2D eigenvalue weighted by atomic mass is 9.72. The summed E-state index contributed by atoms with van der Waals surface area (Å²) in [5, 5.41) is 25.2. The number of carboxylic acid groups (broad SMARTS) is 1. The second-order valence-electron chi connectivity index (χ2n) is 7.18. The van der Waals surface area contributed by atoms with Gasteiger partial charge in [0.1, 0.15) is 5.75 Å². The number of hydrogen-bond acceptors (Lipinski definition) is 7. The van der Waals surface area contributed by atoms with Gasteiger partial charge < -0.3 is 30.3 Å². The number of amides is 2. The van der Waals surface area contributed by atoms with Gasteiger partial charge in [0, 0.05) is 26.2 Å². The molecular formula is C18H25BN4O6. The van der Waals surface area contributed by atoms with E-state index in [1.807, 2.05) is 11.9 Å². The van der Waals surface area contributed by atoms with Crippen LogP contribution in [0.25, 0.3) is 0 Å². The monoisotopic (exact) mass is 404 g/mol. The molecule has 2 heterocycles. The number of benzene rings is 1. The Morgan fingerprint density at radius 1 is 1.34 bits per heavy atom. The quantitative estimate of drug-likeness (QED) is 0.391. The van der Waals surface area contributed by atoms with Crippen LogP contribution in [0.4, 0.5) is 0 Å². The van der Waals surface area contributed by atoms with Crippen LogP contribution >= 0.6 is 0 Å². The lowest BCUT2D eigenvalue weighted by Crippen LogP contribution is -2.57. The number of carbonyl (C=O) groups is 3. The van der Waals surface area contributed by atoms with Gasteiger partial charge in [-0.1, -0.05) is 12.1 Å². The van der Waals surface area contributed by atoms with Crippen LogP contribution in [0.15, 0.2) is 18.2 Å². The normalized spacial score (nSPS) is 19.5. The van der Waals surface area contributed by atoms with Crippen molar-refractivity contribution in [3.63, 3.8) is 0 Å². The zero-order valence-electron chi connectivity index (χ0n) is 16.3. The van der Waals surface area contributed by atoms with Crippen molar-refractivity contribution in [1.29, 1.82) is 0 Å². The Labute approximate surface area is 168 Å². The molecule has 10 nitrogen and oxygen atoms in total. The average molecular weight is 404 g/mol.